The van der Waals surface area contributed by atoms with Gasteiger partial charge in [0.1, 0.15) is 12.4 Å². The highest BCUT2D eigenvalue weighted by molar-refractivity contribution is 5.83. The Morgan fingerprint density at radius 3 is 2.70 bits per heavy atom. The Morgan fingerprint density at radius 1 is 1.39 bits per heavy atom. The Bertz CT molecular complexity index is 663. The number of hydrogen-bond acceptors (Lipinski definition) is 3. The molecule has 122 valence electrons. The summed E-state index contributed by atoms with van der Waals surface area (Å²) in [6.45, 7) is 1.42. The molecule has 0 bridgehead atoms. The van der Waals surface area contributed by atoms with E-state index in [0.717, 1.165) is 25.0 Å². The summed E-state index contributed by atoms with van der Waals surface area (Å²) in [4.78, 5) is 12.3. The summed E-state index contributed by atoms with van der Waals surface area (Å²) in [5.74, 6) is -1.04. The van der Waals surface area contributed by atoms with Crippen LogP contribution in [0.1, 0.15) is 26.2 Å². The predicted octanol–water partition coefficient (Wildman–Crippen LogP) is 2.79. The fourth-order valence-electron chi connectivity index (χ4n) is 3.46. The number of halogens is 2. The molecule has 0 saturated heterocycles. The molecule has 2 saturated carbocycles. The monoisotopic (exact) mass is 320 g/mol. The zero-order valence-electron chi connectivity index (χ0n) is 12.8. The normalized spacial score (nSPS) is 27.5. The van der Waals surface area contributed by atoms with Gasteiger partial charge >= 0.3 is 0 Å². The minimum absolute atomic E-state index is 0.0136. The van der Waals surface area contributed by atoms with E-state index in [1.165, 1.54) is 12.5 Å². The third-order valence-electron chi connectivity index (χ3n) is 4.77. The Kier molecular flexibility index (Phi) is 3.97. The van der Waals surface area contributed by atoms with Crippen molar-refractivity contribution in [3.8, 4) is 11.8 Å². The molecular formula is C17H18F2N2O2. The zero-order valence-corrected chi connectivity index (χ0v) is 12.8. The third kappa shape index (κ3) is 3.14. The Morgan fingerprint density at radius 2 is 2.09 bits per heavy atom. The van der Waals surface area contributed by atoms with Gasteiger partial charge in [-0.1, -0.05) is 6.42 Å². The van der Waals surface area contributed by atoms with E-state index < -0.39 is 17.2 Å². The molecule has 6 heteroatoms. The van der Waals surface area contributed by atoms with Crippen LogP contribution in [-0.4, -0.2) is 18.1 Å². The molecule has 1 aromatic carbocycles. The van der Waals surface area contributed by atoms with Gasteiger partial charge in [-0.3, -0.25) is 4.79 Å². The number of hydrogen-bond donors (Lipinski definition) is 1. The third-order valence-corrected chi connectivity index (χ3v) is 4.77. The van der Waals surface area contributed by atoms with Crippen LogP contribution in [0.5, 0.6) is 5.75 Å². The molecule has 0 spiro atoms. The number of ether oxygens (including phenoxy) is 1. The smallest absolute Gasteiger partial charge is 0.225 e. The van der Waals surface area contributed by atoms with Crippen LogP contribution in [0, 0.1) is 40.7 Å². The number of amides is 1. The number of fused-ring (bicyclic) bond motifs is 1. The number of carbonyl (C=O) groups excluding carboxylic acids is 1. The topological polar surface area (TPSA) is 62.1 Å². The van der Waals surface area contributed by atoms with Gasteiger partial charge in [0.05, 0.1) is 6.07 Å². The van der Waals surface area contributed by atoms with Crippen LogP contribution >= 0.6 is 0 Å². The number of benzene rings is 1. The van der Waals surface area contributed by atoms with Crippen LogP contribution in [-0.2, 0) is 4.79 Å². The SMILES string of the molecule is C[C@](C#N)(COc1ccc(F)c(F)c1)NC(=O)C1[C@H]2CCC[C@H]12. The average molecular weight is 320 g/mol. The van der Waals surface area contributed by atoms with Gasteiger partial charge in [-0.25, -0.2) is 8.78 Å². The predicted molar refractivity (Wildman–Crippen MR) is 78.3 cm³/mol. The summed E-state index contributed by atoms with van der Waals surface area (Å²) in [7, 11) is 0. The molecule has 4 nitrogen and oxygen atoms in total. The van der Waals surface area contributed by atoms with Crippen LogP contribution < -0.4 is 10.1 Å². The molecule has 0 aromatic heterocycles. The van der Waals surface area contributed by atoms with Crippen molar-refractivity contribution >= 4 is 5.91 Å². The van der Waals surface area contributed by atoms with Crippen molar-refractivity contribution in [3.63, 3.8) is 0 Å². The zero-order chi connectivity index (χ0) is 16.6. The van der Waals surface area contributed by atoms with Crippen LogP contribution in [0.2, 0.25) is 0 Å². The molecule has 1 N–H and O–H groups in total. The molecule has 1 aromatic rings. The largest absolute Gasteiger partial charge is 0.490 e. The Balaban J connectivity index is 1.58. The maximum Gasteiger partial charge on any atom is 0.225 e. The van der Waals surface area contributed by atoms with Crippen LogP contribution in [0.3, 0.4) is 0 Å². The van der Waals surface area contributed by atoms with Gasteiger partial charge in [-0.05, 0) is 43.7 Å². The highest BCUT2D eigenvalue weighted by Crippen LogP contribution is 2.57. The van der Waals surface area contributed by atoms with Crippen molar-refractivity contribution in [2.75, 3.05) is 6.61 Å². The molecule has 2 aliphatic carbocycles. The van der Waals surface area contributed by atoms with Crippen molar-refractivity contribution in [1.82, 2.24) is 5.32 Å². The van der Waals surface area contributed by atoms with Gasteiger partial charge in [0.2, 0.25) is 5.91 Å². The molecule has 0 radical (unpaired) electrons. The van der Waals surface area contributed by atoms with Crippen molar-refractivity contribution in [2.24, 2.45) is 17.8 Å². The molecule has 1 amide bonds. The molecule has 23 heavy (non-hydrogen) atoms. The van der Waals surface area contributed by atoms with E-state index in [1.807, 2.05) is 6.07 Å². The fourth-order valence-corrected chi connectivity index (χ4v) is 3.46. The van der Waals surface area contributed by atoms with E-state index in [1.54, 1.807) is 6.92 Å². The van der Waals surface area contributed by atoms with Gasteiger partial charge in [0.25, 0.3) is 0 Å². The van der Waals surface area contributed by atoms with E-state index in [4.69, 9.17) is 4.74 Å². The summed E-state index contributed by atoms with van der Waals surface area (Å²) < 4.78 is 31.4. The van der Waals surface area contributed by atoms with Crippen molar-refractivity contribution < 1.29 is 18.3 Å². The maximum absolute atomic E-state index is 13.1. The lowest BCUT2D eigenvalue weighted by molar-refractivity contribution is -0.124. The van der Waals surface area contributed by atoms with Gasteiger partial charge < -0.3 is 10.1 Å². The van der Waals surface area contributed by atoms with E-state index in [9.17, 15) is 18.8 Å². The Hall–Kier alpha value is -2.16. The molecule has 2 fully saturated rings. The first-order valence-corrected chi connectivity index (χ1v) is 7.75. The van der Waals surface area contributed by atoms with Crippen molar-refractivity contribution in [3.05, 3.63) is 29.8 Å². The Labute approximate surface area is 133 Å². The first-order chi connectivity index (χ1) is 10.9. The first kappa shape index (κ1) is 15.7. The lowest BCUT2D eigenvalue weighted by atomic mass is 10.0. The number of carbonyl (C=O) groups is 1. The number of rotatable bonds is 5. The molecule has 0 heterocycles. The van der Waals surface area contributed by atoms with Crippen LogP contribution in [0.4, 0.5) is 8.78 Å². The lowest BCUT2D eigenvalue weighted by Gasteiger charge is -2.24. The number of nitrogens with one attached hydrogen (secondary N) is 1. The summed E-state index contributed by atoms with van der Waals surface area (Å²) in [5, 5.41) is 12.1. The van der Waals surface area contributed by atoms with Crippen LogP contribution in [0.25, 0.3) is 0 Å². The summed E-state index contributed by atoms with van der Waals surface area (Å²) in [6, 6.07) is 5.18. The van der Waals surface area contributed by atoms with E-state index >= 15 is 0 Å². The maximum atomic E-state index is 13.1. The average Bonchev–Trinajstić information content (AvgIpc) is 3.02. The summed E-state index contributed by atoms with van der Waals surface area (Å²) in [5.41, 5.74) is -1.21. The van der Waals surface area contributed by atoms with E-state index in [0.29, 0.717) is 11.8 Å². The molecular weight excluding hydrogens is 302 g/mol. The van der Waals surface area contributed by atoms with E-state index in [2.05, 4.69) is 5.32 Å². The molecule has 3 rings (SSSR count). The van der Waals surface area contributed by atoms with Gasteiger partial charge in [-0.15, -0.1) is 0 Å². The van der Waals surface area contributed by atoms with Crippen molar-refractivity contribution in [2.45, 2.75) is 31.7 Å². The quantitative estimate of drug-likeness (QED) is 0.907. The van der Waals surface area contributed by atoms with Gasteiger partial charge in [0, 0.05) is 12.0 Å². The van der Waals surface area contributed by atoms with E-state index in [-0.39, 0.29) is 24.2 Å². The highest BCUT2D eigenvalue weighted by atomic mass is 19.2. The summed E-state index contributed by atoms with van der Waals surface area (Å²) >= 11 is 0. The second kappa shape index (κ2) is 5.80. The minimum Gasteiger partial charge on any atom is -0.490 e. The second-order valence-corrected chi connectivity index (χ2v) is 6.58. The summed E-state index contributed by atoms with van der Waals surface area (Å²) in [6.07, 6.45) is 3.34. The van der Waals surface area contributed by atoms with Crippen molar-refractivity contribution in [1.29, 1.82) is 5.26 Å². The number of nitriles is 1. The number of nitrogens with zero attached hydrogens (tertiary/aromatic N) is 1. The highest BCUT2D eigenvalue weighted by Gasteiger charge is 2.57. The molecule has 3 atom stereocenters. The van der Waals surface area contributed by atoms with Crippen LogP contribution in [0.15, 0.2) is 18.2 Å². The second-order valence-electron chi connectivity index (χ2n) is 6.58. The standard InChI is InChI=1S/C17H18F2N2O2/c1-17(8-20,9-23-10-5-6-13(18)14(19)7-10)21-16(22)15-11-3-2-4-12(11)15/h5-7,11-12,15H,2-4,9H2,1H3,(H,21,22)/t11-,12-,17-/m0/s1. The lowest BCUT2D eigenvalue weighted by Crippen LogP contribution is -2.50. The fraction of sp³-hybridized carbons (Fsp3) is 0.529. The molecule has 0 unspecified atom stereocenters. The first-order valence-electron chi connectivity index (χ1n) is 7.75. The molecule has 0 aliphatic heterocycles. The van der Waals surface area contributed by atoms with Gasteiger partial charge in [0.15, 0.2) is 17.2 Å². The molecule has 2 aliphatic rings. The van der Waals surface area contributed by atoms with Gasteiger partial charge in [-0.2, -0.15) is 5.26 Å². The minimum atomic E-state index is -1.21.